The van der Waals surface area contributed by atoms with E-state index < -0.39 is 11.5 Å². The summed E-state index contributed by atoms with van der Waals surface area (Å²) in [5, 5.41) is 9.12. The lowest BCUT2D eigenvalue weighted by atomic mass is 10.00. The van der Waals surface area contributed by atoms with E-state index in [1.165, 1.54) is 0 Å². The molecule has 0 spiro atoms. The van der Waals surface area contributed by atoms with E-state index in [1.807, 2.05) is 31.2 Å². The minimum atomic E-state index is -1.16. The van der Waals surface area contributed by atoms with E-state index in [1.54, 1.807) is 0 Å². The van der Waals surface area contributed by atoms with Gasteiger partial charge in [0.1, 0.15) is 11.6 Å². The third-order valence-electron chi connectivity index (χ3n) is 3.53. The molecule has 0 aliphatic heterocycles. The van der Waals surface area contributed by atoms with Crippen LogP contribution in [0.1, 0.15) is 32.6 Å². The second-order valence-electron chi connectivity index (χ2n) is 5.24. The quantitative estimate of drug-likeness (QED) is 0.834. The monoisotopic (exact) mass is 279 g/mol. The lowest BCUT2D eigenvalue weighted by Gasteiger charge is -2.20. The van der Waals surface area contributed by atoms with Crippen LogP contribution in [0.3, 0.4) is 0 Å². The predicted octanol–water partition coefficient (Wildman–Crippen LogP) is 2.19. The number of nitrogens with two attached hydrogens (primary N) is 1. The van der Waals surface area contributed by atoms with Crippen LogP contribution in [-0.4, -0.2) is 29.3 Å². The Morgan fingerprint density at radius 1 is 1.45 bits per heavy atom. The first-order valence-electron chi connectivity index (χ1n) is 6.96. The summed E-state index contributed by atoms with van der Waals surface area (Å²) in [6.45, 7) is 2.66. The maximum absolute atomic E-state index is 11.1. The fraction of sp³-hybridized carbons (Fsp3) is 0.533. The predicted molar refractivity (Wildman–Crippen MR) is 75.0 cm³/mol. The van der Waals surface area contributed by atoms with Crippen molar-refractivity contribution in [2.24, 2.45) is 5.73 Å². The van der Waals surface area contributed by atoms with Gasteiger partial charge in [0.2, 0.25) is 0 Å². The zero-order valence-corrected chi connectivity index (χ0v) is 11.7. The largest absolute Gasteiger partial charge is 0.490 e. The highest BCUT2D eigenvalue weighted by Gasteiger charge is 2.43. The lowest BCUT2D eigenvalue weighted by Crippen LogP contribution is -2.46. The molecule has 110 valence electrons. The molecular formula is C15H21NO4. The van der Waals surface area contributed by atoms with Crippen LogP contribution in [0.15, 0.2) is 24.3 Å². The first kappa shape index (κ1) is 14.7. The molecule has 1 aromatic carbocycles. The van der Waals surface area contributed by atoms with Crippen molar-refractivity contribution >= 4 is 5.97 Å². The summed E-state index contributed by atoms with van der Waals surface area (Å²) in [4.78, 5) is 11.1. The summed E-state index contributed by atoms with van der Waals surface area (Å²) in [5.41, 5.74) is 4.69. The van der Waals surface area contributed by atoms with E-state index in [4.69, 9.17) is 20.3 Å². The minimum Gasteiger partial charge on any atom is -0.490 e. The summed E-state index contributed by atoms with van der Waals surface area (Å²) in [6, 6.07) is 7.45. The van der Waals surface area contributed by atoms with Crippen LogP contribution in [0, 0.1) is 0 Å². The number of rotatable bonds is 6. The van der Waals surface area contributed by atoms with Gasteiger partial charge in [-0.3, -0.25) is 4.79 Å². The molecule has 2 atom stereocenters. The van der Waals surface area contributed by atoms with Gasteiger partial charge in [-0.15, -0.1) is 0 Å². The van der Waals surface area contributed by atoms with Gasteiger partial charge >= 0.3 is 5.97 Å². The van der Waals surface area contributed by atoms with Gasteiger partial charge in [-0.05, 0) is 31.4 Å². The molecular weight excluding hydrogens is 258 g/mol. The molecule has 0 heterocycles. The molecule has 2 rings (SSSR count). The Hall–Kier alpha value is -1.75. The number of carbonyl (C=O) groups is 1. The van der Waals surface area contributed by atoms with Crippen molar-refractivity contribution < 1.29 is 19.4 Å². The third kappa shape index (κ3) is 3.22. The Morgan fingerprint density at radius 2 is 2.15 bits per heavy atom. The fourth-order valence-corrected chi connectivity index (χ4v) is 2.38. The summed E-state index contributed by atoms with van der Waals surface area (Å²) >= 11 is 0. The first-order chi connectivity index (χ1) is 9.55. The normalized spacial score (nSPS) is 25.4. The van der Waals surface area contributed by atoms with E-state index >= 15 is 0 Å². The van der Waals surface area contributed by atoms with Crippen LogP contribution in [0.25, 0.3) is 0 Å². The maximum atomic E-state index is 11.1. The van der Waals surface area contributed by atoms with Crippen molar-refractivity contribution in [1.82, 2.24) is 0 Å². The topological polar surface area (TPSA) is 81.8 Å². The van der Waals surface area contributed by atoms with E-state index in [0.29, 0.717) is 37.4 Å². The Labute approximate surface area is 118 Å². The van der Waals surface area contributed by atoms with Crippen molar-refractivity contribution in [3.05, 3.63) is 24.3 Å². The molecule has 1 saturated carbocycles. The Balaban J connectivity index is 2.02. The van der Waals surface area contributed by atoms with E-state index in [0.717, 1.165) is 6.42 Å². The number of hydrogen-bond donors (Lipinski definition) is 2. The molecule has 0 amide bonds. The molecule has 1 aromatic rings. The fourth-order valence-electron chi connectivity index (χ4n) is 2.38. The molecule has 1 aliphatic carbocycles. The zero-order valence-electron chi connectivity index (χ0n) is 11.7. The van der Waals surface area contributed by atoms with Gasteiger partial charge in [-0.1, -0.05) is 19.1 Å². The molecule has 5 heteroatoms. The van der Waals surface area contributed by atoms with Crippen LogP contribution in [0.2, 0.25) is 0 Å². The molecule has 5 nitrogen and oxygen atoms in total. The zero-order chi connectivity index (χ0) is 14.6. The summed E-state index contributed by atoms with van der Waals surface area (Å²) in [7, 11) is 0. The van der Waals surface area contributed by atoms with Gasteiger partial charge < -0.3 is 20.3 Å². The summed E-state index contributed by atoms with van der Waals surface area (Å²) in [6.07, 6.45) is 2.14. The van der Waals surface area contributed by atoms with Gasteiger partial charge in [-0.2, -0.15) is 0 Å². The van der Waals surface area contributed by atoms with Crippen molar-refractivity contribution in [2.75, 3.05) is 6.61 Å². The molecule has 0 radical (unpaired) electrons. The van der Waals surface area contributed by atoms with E-state index in [9.17, 15) is 4.79 Å². The smallest absolute Gasteiger partial charge is 0.323 e. The lowest BCUT2D eigenvalue weighted by molar-refractivity contribution is -0.143. The van der Waals surface area contributed by atoms with Crippen LogP contribution in [0.5, 0.6) is 11.5 Å². The summed E-state index contributed by atoms with van der Waals surface area (Å²) < 4.78 is 11.5. The number of aliphatic carboxylic acids is 1. The maximum Gasteiger partial charge on any atom is 0.323 e. The van der Waals surface area contributed by atoms with E-state index in [2.05, 4.69) is 0 Å². The second-order valence-corrected chi connectivity index (χ2v) is 5.24. The van der Waals surface area contributed by atoms with Crippen LogP contribution in [-0.2, 0) is 4.79 Å². The molecule has 1 fully saturated rings. The number of carboxylic acids is 1. The van der Waals surface area contributed by atoms with Crippen molar-refractivity contribution in [1.29, 1.82) is 0 Å². The Bertz CT molecular complexity index is 477. The van der Waals surface area contributed by atoms with Crippen molar-refractivity contribution in [2.45, 2.75) is 44.2 Å². The molecule has 20 heavy (non-hydrogen) atoms. The number of carboxylic acid groups (broad SMARTS) is 1. The highest BCUT2D eigenvalue weighted by molar-refractivity contribution is 5.79. The SMILES string of the molecule is CCCOc1ccccc1OC1CCC(N)(C(=O)O)C1. The number of benzene rings is 1. The second kappa shape index (κ2) is 6.13. The highest BCUT2D eigenvalue weighted by Crippen LogP contribution is 2.34. The van der Waals surface area contributed by atoms with Gasteiger partial charge in [-0.25, -0.2) is 0 Å². The number of hydrogen-bond acceptors (Lipinski definition) is 4. The standard InChI is InChI=1S/C15H21NO4/c1-2-9-19-12-5-3-4-6-13(12)20-11-7-8-15(16,10-11)14(17)18/h3-6,11H,2,7-10,16H2,1H3,(H,17,18). The first-order valence-corrected chi connectivity index (χ1v) is 6.96. The van der Waals surface area contributed by atoms with Gasteiger partial charge in [0.25, 0.3) is 0 Å². The van der Waals surface area contributed by atoms with Crippen molar-refractivity contribution in [3.8, 4) is 11.5 Å². The molecule has 3 N–H and O–H groups in total. The molecule has 0 aromatic heterocycles. The number of para-hydroxylation sites is 2. The van der Waals surface area contributed by atoms with Gasteiger partial charge in [0.15, 0.2) is 11.5 Å². The molecule has 1 aliphatic rings. The third-order valence-corrected chi connectivity index (χ3v) is 3.53. The summed E-state index contributed by atoms with van der Waals surface area (Å²) in [5.74, 6) is 0.388. The molecule has 0 saturated heterocycles. The van der Waals surface area contributed by atoms with Crippen LogP contribution < -0.4 is 15.2 Å². The minimum absolute atomic E-state index is 0.178. The Kier molecular flexibility index (Phi) is 4.49. The van der Waals surface area contributed by atoms with Crippen molar-refractivity contribution in [3.63, 3.8) is 0 Å². The van der Waals surface area contributed by atoms with E-state index in [-0.39, 0.29) is 6.10 Å². The van der Waals surface area contributed by atoms with Gasteiger partial charge in [0, 0.05) is 6.42 Å². The van der Waals surface area contributed by atoms with Crippen LogP contribution >= 0.6 is 0 Å². The molecule has 0 bridgehead atoms. The van der Waals surface area contributed by atoms with Gasteiger partial charge in [0.05, 0.1) is 6.61 Å². The Morgan fingerprint density at radius 3 is 2.75 bits per heavy atom. The van der Waals surface area contributed by atoms with Crippen LogP contribution in [0.4, 0.5) is 0 Å². The number of ether oxygens (including phenoxy) is 2. The molecule has 2 unspecified atom stereocenters. The average Bonchev–Trinajstić information content (AvgIpc) is 2.81. The highest BCUT2D eigenvalue weighted by atomic mass is 16.5. The average molecular weight is 279 g/mol.